The summed E-state index contributed by atoms with van der Waals surface area (Å²) in [5, 5.41) is 24.3. The molecule has 0 aromatic rings. The molecule has 0 aliphatic heterocycles. The summed E-state index contributed by atoms with van der Waals surface area (Å²) >= 11 is 0. The minimum absolute atomic E-state index is 0.0519. The second-order valence-corrected chi connectivity index (χ2v) is 12.6. The van der Waals surface area contributed by atoms with Crippen molar-refractivity contribution in [3.63, 3.8) is 0 Å². The fourth-order valence-electron chi connectivity index (χ4n) is 7.74. The number of Topliss-reactive ketones (excluding diaryl/α,β-unsaturated/α-hetero) is 1. The Kier molecular flexibility index (Phi) is 8.17. The molecule has 0 saturated heterocycles. The van der Waals surface area contributed by atoms with Gasteiger partial charge in [-0.05, 0) is 60.5 Å². The highest BCUT2D eigenvalue weighted by molar-refractivity contribution is 5.95. The van der Waals surface area contributed by atoms with E-state index < -0.39 is 41.1 Å². The summed E-state index contributed by atoms with van der Waals surface area (Å²) in [4.78, 5) is 39.1. The molecule has 1 spiro atoms. The van der Waals surface area contributed by atoms with E-state index in [2.05, 4.69) is 20.8 Å². The number of esters is 2. The summed E-state index contributed by atoms with van der Waals surface area (Å²) in [5.74, 6) is -1.92. The minimum atomic E-state index is -2.14. The molecular weight excluding hydrogens is 496 g/mol. The maximum Gasteiger partial charge on any atom is 0.331 e. The van der Waals surface area contributed by atoms with Crippen LogP contribution >= 0.6 is 0 Å². The highest BCUT2D eigenvalue weighted by Gasteiger charge is 2.76. The number of unbranched alkanes of at least 4 members (excludes halogenated alkanes) is 3. The SMILES string of the molecule is CCCCC/C=C\C=C\C(=O)O[C@H]1C(C)=C[C@]23C(=O)[C@H](C=C(COC(C)=O)[C@@H](O)[C@]12O)[C@H]1[C@@H](C[C@H]3C)C1(C)C. The van der Waals surface area contributed by atoms with Gasteiger partial charge in [0.2, 0.25) is 0 Å². The molecule has 2 bridgehead atoms. The van der Waals surface area contributed by atoms with Crippen LogP contribution in [0.15, 0.2) is 47.6 Å². The largest absolute Gasteiger partial charge is 0.461 e. The number of fused-ring (bicyclic) bond motifs is 3. The van der Waals surface area contributed by atoms with E-state index in [9.17, 15) is 24.6 Å². The molecule has 0 heterocycles. The van der Waals surface area contributed by atoms with Gasteiger partial charge in [-0.25, -0.2) is 4.79 Å². The molecule has 0 aromatic carbocycles. The molecule has 0 amide bonds. The van der Waals surface area contributed by atoms with Crippen LogP contribution in [-0.2, 0) is 23.9 Å². The smallest absolute Gasteiger partial charge is 0.331 e. The fourth-order valence-corrected chi connectivity index (χ4v) is 7.74. The highest BCUT2D eigenvalue weighted by atomic mass is 16.6. The molecule has 0 unspecified atom stereocenters. The van der Waals surface area contributed by atoms with Crippen LogP contribution in [0.4, 0.5) is 0 Å². The van der Waals surface area contributed by atoms with Gasteiger partial charge in [-0.1, -0.05) is 70.9 Å². The fraction of sp³-hybridized carbons (Fsp3) is 0.656. The van der Waals surface area contributed by atoms with Crippen molar-refractivity contribution in [3.8, 4) is 0 Å². The topological polar surface area (TPSA) is 110 Å². The van der Waals surface area contributed by atoms with Crippen LogP contribution in [0.3, 0.4) is 0 Å². The Labute approximate surface area is 232 Å². The average molecular weight is 541 g/mol. The number of carbonyl (C=O) groups is 3. The van der Waals surface area contributed by atoms with Crippen LogP contribution in [0.1, 0.15) is 73.6 Å². The van der Waals surface area contributed by atoms with Gasteiger partial charge >= 0.3 is 11.9 Å². The molecule has 2 N–H and O–H groups in total. The lowest BCUT2D eigenvalue weighted by Crippen LogP contribution is -2.65. The number of aliphatic hydroxyl groups is 2. The van der Waals surface area contributed by atoms with Gasteiger partial charge in [-0.15, -0.1) is 0 Å². The molecule has 7 heteroatoms. The predicted octanol–water partition coefficient (Wildman–Crippen LogP) is 4.63. The van der Waals surface area contributed by atoms with E-state index in [1.54, 1.807) is 31.2 Å². The maximum absolute atomic E-state index is 14.5. The van der Waals surface area contributed by atoms with Gasteiger partial charge in [0.1, 0.15) is 12.7 Å². The van der Waals surface area contributed by atoms with E-state index in [0.29, 0.717) is 12.0 Å². The van der Waals surface area contributed by atoms with Gasteiger partial charge in [0.15, 0.2) is 17.5 Å². The standard InChI is InChI=1S/C32H44O7/c1-7-8-9-10-11-12-13-14-25(34)39-29-19(2)17-31-20(3)15-24-26(30(24,5)6)23(28(31)36)16-22(18-38-21(4)33)27(35)32(29,31)37/h11-14,16-17,20,23-24,26-27,29,35,37H,7-10,15,18H2,1-6H3/b12-11-,14-13+/t20-,23-,24-,26+,27-,29+,31+,32+/m1/s1. The zero-order valence-electron chi connectivity index (χ0n) is 24.1. The Morgan fingerprint density at radius 3 is 2.59 bits per heavy atom. The second kappa shape index (κ2) is 10.8. The van der Waals surface area contributed by atoms with Crippen LogP contribution in [0.25, 0.3) is 0 Å². The number of rotatable bonds is 9. The average Bonchev–Trinajstić information content (AvgIpc) is 3.36. The lowest BCUT2D eigenvalue weighted by atomic mass is 9.59. The molecule has 214 valence electrons. The Bertz CT molecular complexity index is 1130. The van der Waals surface area contributed by atoms with Gasteiger partial charge < -0.3 is 19.7 Å². The molecule has 39 heavy (non-hydrogen) atoms. The predicted molar refractivity (Wildman–Crippen MR) is 147 cm³/mol. The van der Waals surface area contributed by atoms with E-state index >= 15 is 0 Å². The molecule has 2 fully saturated rings. The number of ether oxygens (including phenoxy) is 2. The summed E-state index contributed by atoms with van der Waals surface area (Å²) < 4.78 is 11.1. The number of allylic oxidation sites excluding steroid dienone is 4. The van der Waals surface area contributed by atoms with Crippen LogP contribution < -0.4 is 0 Å². The summed E-state index contributed by atoms with van der Waals surface area (Å²) in [6.45, 7) is 11.1. The van der Waals surface area contributed by atoms with E-state index in [-0.39, 0.29) is 41.1 Å². The van der Waals surface area contributed by atoms with E-state index in [1.165, 1.54) is 13.0 Å². The molecule has 4 rings (SSSR count). The van der Waals surface area contributed by atoms with Gasteiger partial charge in [0.05, 0.1) is 5.41 Å². The summed E-state index contributed by atoms with van der Waals surface area (Å²) in [6, 6.07) is 0. The van der Waals surface area contributed by atoms with E-state index in [4.69, 9.17) is 9.47 Å². The van der Waals surface area contributed by atoms with Crippen molar-refractivity contribution in [3.05, 3.63) is 47.6 Å². The zero-order valence-corrected chi connectivity index (χ0v) is 24.1. The normalized spacial score (nSPS) is 38.4. The third-order valence-corrected chi connectivity index (χ3v) is 9.84. The third-order valence-electron chi connectivity index (χ3n) is 9.84. The van der Waals surface area contributed by atoms with Crippen molar-refractivity contribution in [2.75, 3.05) is 6.61 Å². The van der Waals surface area contributed by atoms with Gasteiger partial charge in [-0.2, -0.15) is 0 Å². The molecule has 8 atom stereocenters. The Morgan fingerprint density at radius 2 is 1.92 bits per heavy atom. The monoisotopic (exact) mass is 540 g/mol. The first kappa shape index (κ1) is 29.5. The number of hydrogen-bond acceptors (Lipinski definition) is 7. The van der Waals surface area contributed by atoms with Gasteiger partial charge in [0, 0.05) is 18.9 Å². The van der Waals surface area contributed by atoms with Gasteiger partial charge in [-0.3, -0.25) is 9.59 Å². The lowest BCUT2D eigenvalue weighted by molar-refractivity contribution is -0.201. The molecule has 4 aliphatic carbocycles. The van der Waals surface area contributed by atoms with Crippen molar-refractivity contribution in [1.29, 1.82) is 0 Å². The van der Waals surface area contributed by atoms with E-state index in [1.807, 2.05) is 13.0 Å². The minimum Gasteiger partial charge on any atom is -0.461 e. The second-order valence-electron chi connectivity index (χ2n) is 12.6. The molecule has 4 aliphatic rings. The first-order valence-electron chi connectivity index (χ1n) is 14.4. The van der Waals surface area contributed by atoms with Crippen molar-refractivity contribution in [2.45, 2.75) is 91.5 Å². The summed E-state index contributed by atoms with van der Waals surface area (Å²) in [5.41, 5.74) is -2.87. The van der Waals surface area contributed by atoms with Crippen LogP contribution in [0.5, 0.6) is 0 Å². The molecular formula is C32H44O7. The Balaban J connectivity index is 1.69. The van der Waals surface area contributed by atoms with Crippen molar-refractivity contribution >= 4 is 17.7 Å². The van der Waals surface area contributed by atoms with Crippen LogP contribution in [0.2, 0.25) is 0 Å². The van der Waals surface area contributed by atoms with Crippen molar-refractivity contribution < 1.29 is 34.1 Å². The Morgan fingerprint density at radius 1 is 1.21 bits per heavy atom. The summed E-state index contributed by atoms with van der Waals surface area (Å²) in [6.07, 6.45) is 12.3. The molecule has 2 saturated carbocycles. The van der Waals surface area contributed by atoms with E-state index in [0.717, 1.165) is 25.7 Å². The molecule has 7 nitrogen and oxygen atoms in total. The maximum atomic E-state index is 14.5. The quantitative estimate of drug-likeness (QED) is 0.144. The van der Waals surface area contributed by atoms with Crippen molar-refractivity contribution in [1.82, 2.24) is 0 Å². The number of hydrogen-bond donors (Lipinski definition) is 2. The van der Waals surface area contributed by atoms with Crippen LogP contribution in [0, 0.1) is 34.5 Å². The number of carbonyl (C=O) groups excluding carboxylic acids is 3. The molecule has 0 radical (unpaired) electrons. The lowest BCUT2D eigenvalue weighted by Gasteiger charge is -2.48. The third kappa shape index (κ3) is 4.76. The first-order valence-corrected chi connectivity index (χ1v) is 14.4. The zero-order chi connectivity index (χ0) is 28.8. The molecule has 0 aromatic heterocycles. The number of ketones is 1. The van der Waals surface area contributed by atoms with Crippen LogP contribution in [-0.4, -0.2) is 52.4 Å². The van der Waals surface area contributed by atoms with Gasteiger partial charge in [0.25, 0.3) is 0 Å². The number of aliphatic hydroxyl groups excluding tert-OH is 1. The Hall–Kier alpha value is -2.51. The summed E-state index contributed by atoms with van der Waals surface area (Å²) in [7, 11) is 0. The first-order chi connectivity index (χ1) is 18.3. The highest BCUT2D eigenvalue weighted by Crippen LogP contribution is 2.71. The van der Waals surface area contributed by atoms with Crippen molar-refractivity contribution in [2.24, 2.45) is 34.5 Å².